The summed E-state index contributed by atoms with van der Waals surface area (Å²) in [6.07, 6.45) is 2.33. The van der Waals surface area contributed by atoms with E-state index in [4.69, 9.17) is 9.47 Å². The number of benzene rings is 1. The maximum absolute atomic E-state index is 12.4. The van der Waals surface area contributed by atoms with Crippen molar-refractivity contribution in [1.82, 2.24) is 4.90 Å². The number of aliphatic hydroxyl groups is 1. The largest absolute Gasteiger partial charge is 0.497 e. The molecule has 1 aromatic carbocycles. The Morgan fingerprint density at radius 2 is 1.96 bits per heavy atom. The number of carbonyl (C=O) groups excluding carboxylic acids is 2. The third-order valence-electron chi connectivity index (χ3n) is 3.45. The van der Waals surface area contributed by atoms with Crippen molar-refractivity contribution in [3.8, 4) is 11.5 Å². The molecular formula is C18H25NO6. The highest BCUT2D eigenvalue weighted by atomic mass is 16.5. The van der Waals surface area contributed by atoms with E-state index < -0.39 is 12.1 Å². The van der Waals surface area contributed by atoms with Crippen LogP contribution in [0.4, 0.5) is 0 Å². The van der Waals surface area contributed by atoms with Gasteiger partial charge in [0.25, 0.3) is 0 Å². The molecule has 1 N–H and O–H groups in total. The number of hydrogen-bond donors (Lipinski definition) is 1. The van der Waals surface area contributed by atoms with Crippen molar-refractivity contribution in [1.29, 1.82) is 0 Å². The van der Waals surface area contributed by atoms with Gasteiger partial charge in [0.2, 0.25) is 5.91 Å². The second-order valence-electron chi connectivity index (χ2n) is 5.40. The molecule has 0 fully saturated rings. The van der Waals surface area contributed by atoms with E-state index in [1.54, 1.807) is 38.3 Å². The van der Waals surface area contributed by atoms with Crippen LogP contribution in [0.2, 0.25) is 0 Å². The predicted molar refractivity (Wildman–Crippen MR) is 93.5 cm³/mol. The summed E-state index contributed by atoms with van der Waals surface area (Å²) in [4.78, 5) is 25.1. The normalized spacial score (nSPS) is 11.9. The smallest absolute Gasteiger partial charge is 0.307 e. The van der Waals surface area contributed by atoms with Crippen LogP contribution in [-0.4, -0.2) is 62.4 Å². The van der Waals surface area contributed by atoms with Gasteiger partial charge in [-0.25, -0.2) is 0 Å². The van der Waals surface area contributed by atoms with Gasteiger partial charge in [0.05, 0.1) is 33.9 Å². The van der Waals surface area contributed by atoms with Crippen molar-refractivity contribution in [3.63, 3.8) is 0 Å². The summed E-state index contributed by atoms with van der Waals surface area (Å²) in [5, 5.41) is 9.56. The molecule has 0 aromatic heterocycles. The molecule has 0 aliphatic rings. The van der Waals surface area contributed by atoms with Crippen LogP contribution in [0, 0.1) is 0 Å². The zero-order valence-corrected chi connectivity index (χ0v) is 15.0. The lowest BCUT2D eigenvalue weighted by Crippen LogP contribution is -2.37. The molecule has 1 atom stereocenters. The number of rotatable bonds is 9. The summed E-state index contributed by atoms with van der Waals surface area (Å²) in [5.74, 6) is 0.498. The van der Waals surface area contributed by atoms with Crippen molar-refractivity contribution < 1.29 is 28.9 Å². The van der Waals surface area contributed by atoms with E-state index in [0.29, 0.717) is 17.1 Å². The summed E-state index contributed by atoms with van der Waals surface area (Å²) < 4.78 is 15.0. The minimum atomic E-state index is -0.707. The van der Waals surface area contributed by atoms with E-state index in [2.05, 4.69) is 4.74 Å². The van der Waals surface area contributed by atoms with Gasteiger partial charge in [-0.2, -0.15) is 0 Å². The predicted octanol–water partition coefficient (Wildman–Crippen LogP) is 1.49. The van der Waals surface area contributed by atoms with Crippen LogP contribution >= 0.6 is 0 Å². The average molecular weight is 351 g/mol. The number of methoxy groups -OCH3 is 3. The van der Waals surface area contributed by atoms with E-state index in [9.17, 15) is 14.7 Å². The van der Waals surface area contributed by atoms with Crippen molar-refractivity contribution >= 4 is 18.0 Å². The number of esters is 1. The molecule has 1 rings (SSSR count). The van der Waals surface area contributed by atoms with E-state index in [1.165, 1.54) is 25.2 Å². The molecule has 0 saturated heterocycles. The first kappa shape index (κ1) is 20.5. The lowest BCUT2D eigenvalue weighted by atomic mass is 10.1. The first-order valence-corrected chi connectivity index (χ1v) is 7.85. The minimum Gasteiger partial charge on any atom is -0.497 e. The van der Waals surface area contributed by atoms with Gasteiger partial charge < -0.3 is 24.2 Å². The maximum Gasteiger partial charge on any atom is 0.307 e. The Bertz CT molecular complexity index is 612. The average Bonchev–Trinajstić information content (AvgIpc) is 2.61. The highest BCUT2D eigenvalue weighted by molar-refractivity contribution is 5.92. The number of hydrogen-bond acceptors (Lipinski definition) is 6. The van der Waals surface area contributed by atoms with Crippen molar-refractivity contribution in [2.24, 2.45) is 0 Å². The first-order chi connectivity index (χ1) is 11.9. The molecule has 0 saturated carbocycles. The Hall–Kier alpha value is -2.54. The van der Waals surface area contributed by atoms with Gasteiger partial charge in [-0.1, -0.05) is 0 Å². The van der Waals surface area contributed by atoms with E-state index >= 15 is 0 Å². The van der Waals surface area contributed by atoms with Crippen LogP contribution in [0.15, 0.2) is 24.3 Å². The second-order valence-corrected chi connectivity index (χ2v) is 5.40. The molecule has 0 bridgehead atoms. The van der Waals surface area contributed by atoms with E-state index in [0.717, 1.165) is 0 Å². The Balaban J connectivity index is 2.90. The summed E-state index contributed by atoms with van der Waals surface area (Å²) in [6.45, 7) is 1.86. The standard InChI is InChI=1S/C18H25NO6/c1-13(20)12-19(10-9-18(22)25-4)17(21)8-5-14-11-15(23-2)6-7-16(14)24-3/h5-8,11,13,20H,9-10,12H2,1-4H3/b8-5+. The van der Waals surface area contributed by atoms with E-state index in [-0.39, 0.29) is 25.4 Å². The fourth-order valence-corrected chi connectivity index (χ4v) is 2.17. The van der Waals surface area contributed by atoms with Crippen LogP contribution in [-0.2, 0) is 14.3 Å². The number of carbonyl (C=O) groups is 2. The number of amides is 1. The van der Waals surface area contributed by atoms with Gasteiger partial charge in [-0.3, -0.25) is 9.59 Å². The molecule has 1 aromatic rings. The third-order valence-corrected chi connectivity index (χ3v) is 3.45. The molecule has 7 nitrogen and oxygen atoms in total. The summed E-state index contributed by atoms with van der Waals surface area (Å²) in [7, 11) is 4.38. The maximum atomic E-state index is 12.4. The molecule has 25 heavy (non-hydrogen) atoms. The number of ether oxygens (including phenoxy) is 3. The van der Waals surface area contributed by atoms with Crippen LogP contribution in [0.25, 0.3) is 6.08 Å². The molecule has 0 radical (unpaired) electrons. The molecular weight excluding hydrogens is 326 g/mol. The topological polar surface area (TPSA) is 85.3 Å². The first-order valence-electron chi connectivity index (χ1n) is 7.85. The molecule has 0 aliphatic heterocycles. The quantitative estimate of drug-likeness (QED) is 0.536. The van der Waals surface area contributed by atoms with Crippen LogP contribution in [0.3, 0.4) is 0 Å². The van der Waals surface area contributed by atoms with Crippen LogP contribution in [0.5, 0.6) is 11.5 Å². The summed E-state index contributed by atoms with van der Waals surface area (Å²) in [6, 6.07) is 5.25. The molecule has 1 amide bonds. The second kappa shape index (κ2) is 10.4. The number of nitrogens with zero attached hydrogens (tertiary/aromatic N) is 1. The SMILES string of the molecule is COC(=O)CCN(CC(C)O)C(=O)/C=C/c1cc(OC)ccc1OC. The van der Waals surface area contributed by atoms with Crippen molar-refractivity contribution in [3.05, 3.63) is 29.8 Å². The monoisotopic (exact) mass is 351 g/mol. The van der Waals surface area contributed by atoms with Crippen molar-refractivity contribution in [2.75, 3.05) is 34.4 Å². The summed E-state index contributed by atoms with van der Waals surface area (Å²) >= 11 is 0. The fourth-order valence-electron chi connectivity index (χ4n) is 2.17. The highest BCUT2D eigenvalue weighted by Crippen LogP contribution is 2.25. The Kier molecular flexibility index (Phi) is 8.49. The van der Waals surface area contributed by atoms with Crippen molar-refractivity contribution in [2.45, 2.75) is 19.4 Å². The van der Waals surface area contributed by atoms with Gasteiger partial charge >= 0.3 is 5.97 Å². The van der Waals surface area contributed by atoms with Crippen LogP contribution in [0.1, 0.15) is 18.9 Å². The molecule has 0 heterocycles. The zero-order chi connectivity index (χ0) is 18.8. The Morgan fingerprint density at radius 3 is 2.52 bits per heavy atom. The minimum absolute atomic E-state index is 0.0608. The van der Waals surface area contributed by atoms with Gasteiger partial charge in [0.1, 0.15) is 11.5 Å². The van der Waals surface area contributed by atoms with Gasteiger partial charge in [0, 0.05) is 24.7 Å². The molecule has 7 heteroatoms. The lowest BCUT2D eigenvalue weighted by Gasteiger charge is -2.22. The Morgan fingerprint density at radius 1 is 1.24 bits per heavy atom. The van der Waals surface area contributed by atoms with Gasteiger partial charge in [-0.05, 0) is 31.2 Å². The van der Waals surface area contributed by atoms with Gasteiger partial charge in [0.15, 0.2) is 0 Å². The van der Waals surface area contributed by atoms with Crippen LogP contribution < -0.4 is 9.47 Å². The number of aliphatic hydroxyl groups excluding tert-OH is 1. The van der Waals surface area contributed by atoms with E-state index in [1.807, 2.05) is 0 Å². The lowest BCUT2D eigenvalue weighted by molar-refractivity contribution is -0.141. The fraction of sp³-hybridized carbons (Fsp3) is 0.444. The molecule has 0 aliphatic carbocycles. The molecule has 1 unspecified atom stereocenters. The summed E-state index contributed by atoms with van der Waals surface area (Å²) in [5.41, 5.74) is 0.681. The molecule has 0 spiro atoms. The Labute approximate surface area is 147 Å². The third kappa shape index (κ3) is 6.84. The molecule has 138 valence electrons. The highest BCUT2D eigenvalue weighted by Gasteiger charge is 2.15. The van der Waals surface area contributed by atoms with Gasteiger partial charge in [-0.15, -0.1) is 0 Å². The zero-order valence-electron chi connectivity index (χ0n) is 15.0.